The number of ether oxygens (including phenoxy) is 2. The normalized spacial score (nSPS) is 11.0. The molecular weight excluding hydrogens is 287 g/mol. The van der Waals surface area contributed by atoms with E-state index in [1.54, 1.807) is 13.8 Å². The molecule has 0 aromatic heterocycles. The highest BCUT2D eigenvalue weighted by atomic mass is 19.2. The molecule has 0 amide bonds. The number of halogens is 5. The third kappa shape index (κ3) is 3.66. The SMILES string of the molecule is CC(C)OCCC(=O)Oc1c(F)c(F)c(F)c(F)c1F. The summed E-state index contributed by atoms with van der Waals surface area (Å²) in [6, 6.07) is 0. The molecule has 1 aromatic rings. The Labute approximate surface area is 111 Å². The topological polar surface area (TPSA) is 35.5 Å². The zero-order valence-corrected chi connectivity index (χ0v) is 10.6. The fourth-order valence-electron chi connectivity index (χ4n) is 1.22. The van der Waals surface area contributed by atoms with Crippen LogP contribution in [0.15, 0.2) is 0 Å². The van der Waals surface area contributed by atoms with Gasteiger partial charge in [0.2, 0.25) is 34.8 Å². The van der Waals surface area contributed by atoms with Crippen molar-refractivity contribution in [3.05, 3.63) is 29.1 Å². The van der Waals surface area contributed by atoms with Crippen LogP contribution in [0.2, 0.25) is 0 Å². The van der Waals surface area contributed by atoms with Crippen LogP contribution in [0.25, 0.3) is 0 Å². The molecule has 0 spiro atoms. The van der Waals surface area contributed by atoms with Crippen molar-refractivity contribution < 1.29 is 36.2 Å². The van der Waals surface area contributed by atoms with Crippen molar-refractivity contribution in [3.63, 3.8) is 0 Å². The van der Waals surface area contributed by atoms with Crippen LogP contribution in [0.4, 0.5) is 22.0 Å². The molecule has 0 atom stereocenters. The van der Waals surface area contributed by atoms with Gasteiger partial charge in [-0.15, -0.1) is 0 Å². The maximum atomic E-state index is 13.2. The maximum Gasteiger partial charge on any atom is 0.313 e. The number of esters is 1. The van der Waals surface area contributed by atoms with E-state index in [9.17, 15) is 26.7 Å². The van der Waals surface area contributed by atoms with Crippen LogP contribution < -0.4 is 4.74 Å². The zero-order valence-electron chi connectivity index (χ0n) is 10.6. The van der Waals surface area contributed by atoms with Crippen LogP contribution in [-0.4, -0.2) is 18.7 Å². The molecular formula is C12H11F5O3. The van der Waals surface area contributed by atoms with Gasteiger partial charge in [0.15, 0.2) is 0 Å². The Bertz CT molecular complexity index is 487. The van der Waals surface area contributed by atoms with Gasteiger partial charge in [0.25, 0.3) is 0 Å². The van der Waals surface area contributed by atoms with E-state index >= 15 is 0 Å². The first-order valence-electron chi connectivity index (χ1n) is 5.59. The molecule has 0 saturated heterocycles. The Morgan fingerprint density at radius 3 is 1.85 bits per heavy atom. The standard InChI is InChI=1S/C12H11F5O3/c1-5(2)19-4-3-6(18)20-12-10(16)8(14)7(13)9(15)11(12)17/h5H,3-4H2,1-2H3. The lowest BCUT2D eigenvalue weighted by atomic mass is 10.2. The van der Waals surface area contributed by atoms with E-state index in [0.717, 1.165) is 0 Å². The highest BCUT2D eigenvalue weighted by molar-refractivity contribution is 5.72. The van der Waals surface area contributed by atoms with Gasteiger partial charge in [-0.1, -0.05) is 0 Å². The van der Waals surface area contributed by atoms with Gasteiger partial charge in [-0.2, -0.15) is 8.78 Å². The van der Waals surface area contributed by atoms with Crippen molar-refractivity contribution in [1.29, 1.82) is 0 Å². The van der Waals surface area contributed by atoms with Crippen molar-refractivity contribution in [2.75, 3.05) is 6.61 Å². The summed E-state index contributed by atoms with van der Waals surface area (Å²) >= 11 is 0. The quantitative estimate of drug-likeness (QED) is 0.275. The van der Waals surface area contributed by atoms with Crippen LogP contribution in [0, 0.1) is 29.1 Å². The molecule has 1 aromatic carbocycles. The average Bonchev–Trinajstić information content (AvgIpc) is 2.39. The molecule has 0 N–H and O–H groups in total. The number of carbonyl (C=O) groups excluding carboxylic acids is 1. The molecule has 0 saturated carbocycles. The maximum absolute atomic E-state index is 13.2. The second kappa shape index (κ2) is 6.65. The van der Waals surface area contributed by atoms with Crippen molar-refractivity contribution in [3.8, 4) is 5.75 Å². The third-order valence-corrected chi connectivity index (χ3v) is 2.14. The number of rotatable bonds is 5. The molecule has 3 nitrogen and oxygen atoms in total. The molecule has 0 heterocycles. The Hall–Kier alpha value is -1.70. The van der Waals surface area contributed by atoms with Gasteiger partial charge in [0.1, 0.15) is 0 Å². The highest BCUT2D eigenvalue weighted by Gasteiger charge is 2.28. The summed E-state index contributed by atoms with van der Waals surface area (Å²) in [5.41, 5.74) is 0. The smallest absolute Gasteiger partial charge is 0.313 e. The van der Waals surface area contributed by atoms with Crippen LogP contribution in [-0.2, 0) is 9.53 Å². The molecule has 0 aliphatic carbocycles. The summed E-state index contributed by atoms with van der Waals surface area (Å²) < 4.78 is 73.9. The van der Waals surface area contributed by atoms with Gasteiger partial charge in [0, 0.05) is 0 Å². The van der Waals surface area contributed by atoms with Crippen LogP contribution in [0.1, 0.15) is 20.3 Å². The van der Waals surface area contributed by atoms with Crippen LogP contribution in [0.5, 0.6) is 5.75 Å². The van der Waals surface area contributed by atoms with E-state index in [1.807, 2.05) is 0 Å². The second-order valence-corrected chi connectivity index (χ2v) is 4.04. The Morgan fingerprint density at radius 2 is 1.40 bits per heavy atom. The molecule has 20 heavy (non-hydrogen) atoms. The summed E-state index contributed by atoms with van der Waals surface area (Å²) in [4.78, 5) is 11.2. The van der Waals surface area contributed by atoms with Crippen molar-refractivity contribution in [1.82, 2.24) is 0 Å². The van der Waals surface area contributed by atoms with Gasteiger partial charge in [-0.3, -0.25) is 4.79 Å². The van der Waals surface area contributed by atoms with Crippen LogP contribution >= 0.6 is 0 Å². The number of hydrogen-bond acceptors (Lipinski definition) is 3. The highest BCUT2D eigenvalue weighted by Crippen LogP contribution is 2.29. The molecule has 0 bridgehead atoms. The summed E-state index contributed by atoms with van der Waals surface area (Å²) in [6.45, 7) is 3.27. The Balaban J connectivity index is 2.85. The van der Waals surface area contributed by atoms with Crippen molar-refractivity contribution in [2.45, 2.75) is 26.4 Å². The minimum absolute atomic E-state index is 0.105. The third-order valence-electron chi connectivity index (χ3n) is 2.14. The number of hydrogen-bond donors (Lipinski definition) is 0. The minimum atomic E-state index is -2.32. The van der Waals surface area contributed by atoms with Crippen molar-refractivity contribution in [2.24, 2.45) is 0 Å². The lowest BCUT2D eigenvalue weighted by Crippen LogP contribution is -2.16. The molecule has 112 valence electrons. The van der Waals surface area contributed by atoms with Gasteiger partial charge in [-0.05, 0) is 13.8 Å². The summed E-state index contributed by atoms with van der Waals surface area (Å²) in [5, 5.41) is 0. The molecule has 0 fully saturated rings. The van der Waals surface area contributed by atoms with Gasteiger partial charge >= 0.3 is 5.97 Å². The summed E-state index contributed by atoms with van der Waals surface area (Å²) in [6.07, 6.45) is -0.575. The van der Waals surface area contributed by atoms with Gasteiger partial charge < -0.3 is 9.47 Å². The fraction of sp³-hybridized carbons (Fsp3) is 0.417. The predicted octanol–water partition coefficient (Wildman–Crippen LogP) is 3.10. The first-order valence-corrected chi connectivity index (χ1v) is 5.59. The zero-order chi connectivity index (χ0) is 15.4. The Kier molecular flexibility index (Phi) is 5.43. The largest absolute Gasteiger partial charge is 0.420 e. The summed E-state index contributed by atoms with van der Waals surface area (Å²) in [7, 11) is 0. The first kappa shape index (κ1) is 16.4. The van der Waals surface area contributed by atoms with E-state index in [-0.39, 0.29) is 12.7 Å². The van der Waals surface area contributed by atoms with E-state index < -0.39 is 47.2 Å². The fourth-order valence-corrected chi connectivity index (χ4v) is 1.22. The van der Waals surface area contributed by atoms with E-state index in [2.05, 4.69) is 4.74 Å². The van der Waals surface area contributed by atoms with Gasteiger partial charge in [-0.25, -0.2) is 13.2 Å². The molecule has 0 aliphatic rings. The minimum Gasteiger partial charge on any atom is -0.420 e. The number of benzene rings is 1. The van der Waals surface area contributed by atoms with E-state index in [0.29, 0.717) is 0 Å². The Morgan fingerprint density at radius 1 is 0.950 bits per heavy atom. The van der Waals surface area contributed by atoms with E-state index in [1.165, 1.54) is 0 Å². The predicted molar refractivity (Wildman–Crippen MR) is 57.6 cm³/mol. The average molecular weight is 298 g/mol. The van der Waals surface area contributed by atoms with Crippen molar-refractivity contribution >= 4 is 5.97 Å². The van der Waals surface area contributed by atoms with Crippen LogP contribution in [0.3, 0.4) is 0 Å². The molecule has 0 radical (unpaired) electrons. The monoisotopic (exact) mass is 298 g/mol. The van der Waals surface area contributed by atoms with Gasteiger partial charge in [0.05, 0.1) is 19.1 Å². The molecule has 0 aliphatic heterocycles. The molecule has 1 rings (SSSR count). The second-order valence-electron chi connectivity index (χ2n) is 4.04. The molecule has 0 unspecified atom stereocenters. The summed E-state index contributed by atoms with van der Waals surface area (Å²) in [5.74, 6) is -13.8. The number of carbonyl (C=O) groups is 1. The lowest BCUT2D eigenvalue weighted by molar-refractivity contribution is -0.136. The first-order chi connectivity index (χ1) is 9.25. The lowest BCUT2D eigenvalue weighted by Gasteiger charge is -2.10. The van der Waals surface area contributed by atoms with E-state index in [4.69, 9.17) is 4.74 Å². The molecule has 8 heteroatoms.